The molecule has 0 spiro atoms. The fraction of sp³-hybridized carbons (Fsp3) is 0.400. The van der Waals surface area contributed by atoms with E-state index in [-0.39, 0.29) is 5.75 Å². The number of hydrogen-bond acceptors (Lipinski definition) is 1. The fourth-order valence-electron chi connectivity index (χ4n) is 1.17. The minimum absolute atomic E-state index is 0.158. The molecule has 0 aliphatic carbocycles. The van der Waals surface area contributed by atoms with Crippen LogP contribution in [0.1, 0.15) is 12.0 Å². The molecule has 0 saturated heterocycles. The number of halogens is 4. The van der Waals surface area contributed by atoms with Gasteiger partial charge in [0.1, 0.15) is 5.75 Å². The van der Waals surface area contributed by atoms with Crippen molar-refractivity contribution in [2.45, 2.75) is 19.2 Å². The third kappa shape index (κ3) is 5.06. The molecule has 0 fully saturated rings. The first-order valence-electron chi connectivity index (χ1n) is 4.42. The van der Waals surface area contributed by atoms with E-state index < -0.39 is 6.36 Å². The molecule has 1 aromatic carbocycles. The molecule has 1 aromatic rings. The van der Waals surface area contributed by atoms with Crippen LogP contribution in [0.5, 0.6) is 5.75 Å². The molecular weight excluding hydrogens is 273 g/mol. The van der Waals surface area contributed by atoms with Crippen LogP contribution in [0.4, 0.5) is 13.2 Å². The molecule has 0 aliphatic heterocycles. The average molecular weight is 283 g/mol. The Kier molecular flexibility index (Phi) is 4.45. The van der Waals surface area contributed by atoms with Crippen LogP contribution in [-0.4, -0.2) is 11.7 Å². The summed E-state index contributed by atoms with van der Waals surface area (Å²) in [5.41, 5.74) is 0.844. The second-order valence-electron chi connectivity index (χ2n) is 2.99. The van der Waals surface area contributed by atoms with E-state index in [1.54, 1.807) is 12.1 Å². The lowest BCUT2D eigenvalue weighted by Crippen LogP contribution is -2.17. The van der Waals surface area contributed by atoms with Gasteiger partial charge in [-0.25, -0.2) is 0 Å². The molecule has 1 nitrogen and oxygen atoms in total. The van der Waals surface area contributed by atoms with Gasteiger partial charge >= 0.3 is 6.36 Å². The van der Waals surface area contributed by atoms with Crippen LogP contribution in [-0.2, 0) is 6.42 Å². The third-order valence-electron chi connectivity index (χ3n) is 1.73. The number of rotatable bonds is 4. The highest BCUT2D eigenvalue weighted by Crippen LogP contribution is 2.23. The van der Waals surface area contributed by atoms with Crippen molar-refractivity contribution in [3.05, 3.63) is 29.8 Å². The van der Waals surface area contributed by atoms with E-state index in [9.17, 15) is 13.2 Å². The van der Waals surface area contributed by atoms with Crippen LogP contribution in [0.25, 0.3) is 0 Å². The highest BCUT2D eigenvalue weighted by atomic mass is 79.9. The highest BCUT2D eigenvalue weighted by molar-refractivity contribution is 9.09. The van der Waals surface area contributed by atoms with Crippen LogP contribution < -0.4 is 4.74 Å². The van der Waals surface area contributed by atoms with Gasteiger partial charge in [0.25, 0.3) is 0 Å². The summed E-state index contributed by atoms with van der Waals surface area (Å²) in [6, 6.07) is 6.05. The number of hydrogen-bond donors (Lipinski definition) is 0. The second kappa shape index (κ2) is 5.39. The summed E-state index contributed by atoms with van der Waals surface area (Å²) in [4.78, 5) is 0. The predicted molar refractivity (Wildman–Crippen MR) is 55.2 cm³/mol. The minimum atomic E-state index is -4.62. The van der Waals surface area contributed by atoms with Crippen molar-refractivity contribution >= 4 is 15.9 Å². The Morgan fingerprint density at radius 3 is 2.60 bits per heavy atom. The van der Waals surface area contributed by atoms with Crippen molar-refractivity contribution in [2.75, 3.05) is 5.33 Å². The molecule has 0 heterocycles. The van der Waals surface area contributed by atoms with E-state index in [1.807, 2.05) is 0 Å². The summed E-state index contributed by atoms with van der Waals surface area (Å²) in [5, 5.41) is 0.831. The SMILES string of the molecule is FC(F)(F)Oc1cccc(CCCBr)c1. The van der Waals surface area contributed by atoms with Gasteiger partial charge in [-0.3, -0.25) is 0 Å². The molecule has 0 radical (unpaired) electrons. The standard InChI is InChI=1S/C10H10BrF3O/c11-6-2-4-8-3-1-5-9(7-8)15-10(12,13)14/h1,3,5,7H,2,4,6H2. The molecule has 0 amide bonds. The summed E-state index contributed by atoms with van der Waals surface area (Å²) in [7, 11) is 0. The molecule has 1 rings (SSSR count). The Bertz CT molecular complexity index is 312. The summed E-state index contributed by atoms with van der Waals surface area (Å²) in [5.74, 6) is -0.158. The normalized spacial score (nSPS) is 11.5. The maximum absolute atomic E-state index is 11.9. The summed E-state index contributed by atoms with van der Waals surface area (Å²) in [6.45, 7) is 0. The van der Waals surface area contributed by atoms with Crippen LogP contribution >= 0.6 is 15.9 Å². The van der Waals surface area contributed by atoms with Gasteiger partial charge in [0.2, 0.25) is 0 Å². The van der Waals surface area contributed by atoms with Gasteiger partial charge in [0.15, 0.2) is 0 Å². The van der Waals surface area contributed by atoms with Gasteiger partial charge < -0.3 is 4.74 Å². The molecular formula is C10H10BrF3O. The zero-order valence-electron chi connectivity index (χ0n) is 7.85. The summed E-state index contributed by atoms with van der Waals surface area (Å²) in [6.07, 6.45) is -3.00. The number of ether oxygens (including phenoxy) is 1. The molecule has 0 atom stereocenters. The van der Waals surface area contributed by atoms with Crippen LogP contribution in [0, 0.1) is 0 Å². The number of alkyl halides is 4. The zero-order chi connectivity index (χ0) is 11.3. The van der Waals surface area contributed by atoms with E-state index in [0.717, 1.165) is 23.7 Å². The first kappa shape index (κ1) is 12.4. The highest BCUT2D eigenvalue weighted by Gasteiger charge is 2.30. The lowest BCUT2D eigenvalue weighted by molar-refractivity contribution is -0.274. The van der Waals surface area contributed by atoms with Crippen molar-refractivity contribution in [1.29, 1.82) is 0 Å². The van der Waals surface area contributed by atoms with Crippen molar-refractivity contribution in [2.24, 2.45) is 0 Å². The van der Waals surface area contributed by atoms with Gasteiger partial charge in [0, 0.05) is 5.33 Å². The Morgan fingerprint density at radius 2 is 2.00 bits per heavy atom. The van der Waals surface area contributed by atoms with Gasteiger partial charge in [-0.15, -0.1) is 13.2 Å². The van der Waals surface area contributed by atoms with Gasteiger partial charge in [-0.1, -0.05) is 28.1 Å². The van der Waals surface area contributed by atoms with E-state index in [0.29, 0.717) is 0 Å². The largest absolute Gasteiger partial charge is 0.573 e. The first-order chi connectivity index (χ1) is 7.01. The smallest absolute Gasteiger partial charge is 0.406 e. The Hall–Kier alpha value is -0.710. The Balaban J connectivity index is 2.66. The average Bonchev–Trinajstić information content (AvgIpc) is 2.12. The molecule has 15 heavy (non-hydrogen) atoms. The van der Waals surface area contributed by atoms with E-state index in [4.69, 9.17) is 0 Å². The van der Waals surface area contributed by atoms with Crippen LogP contribution in [0.15, 0.2) is 24.3 Å². The van der Waals surface area contributed by atoms with E-state index in [2.05, 4.69) is 20.7 Å². The molecule has 0 aromatic heterocycles. The van der Waals surface area contributed by atoms with Crippen LogP contribution in [0.3, 0.4) is 0 Å². The van der Waals surface area contributed by atoms with Crippen molar-refractivity contribution in [1.82, 2.24) is 0 Å². The second-order valence-corrected chi connectivity index (χ2v) is 3.78. The fourth-order valence-corrected chi connectivity index (χ4v) is 1.45. The predicted octanol–water partition coefficient (Wildman–Crippen LogP) is 3.91. The zero-order valence-corrected chi connectivity index (χ0v) is 9.44. The van der Waals surface area contributed by atoms with Crippen molar-refractivity contribution in [3.63, 3.8) is 0 Å². The summed E-state index contributed by atoms with van der Waals surface area (Å²) >= 11 is 3.26. The minimum Gasteiger partial charge on any atom is -0.406 e. The monoisotopic (exact) mass is 282 g/mol. The van der Waals surface area contributed by atoms with Crippen LogP contribution in [0.2, 0.25) is 0 Å². The maximum Gasteiger partial charge on any atom is 0.573 e. The molecule has 0 saturated carbocycles. The van der Waals surface area contributed by atoms with E-state index in [1.165, 1.54) is 12.1 Å². The molecule has 84 valence electrons. The quantitative estimate of drug-likeness (QED) is 0.761. The molecule has 0 N–H and O–H groups in total. The Morgan fingerprint density at radius 1 is 1.27 bits per heavy atom. The van der Waals surface area contributed by atoms with Gasteiger partial charge in [-0.2, -0.15) is 0 Å². The molecule has 0 unspecified atom stereocenters. The lowest BCUT2D eigenvalue weighted by atomic mass is 10.1. The topological polar surface area (TPSA) is 9.23 Å². The summed E-state index contributed by atoms with van der Waals surface area (Å²) < 4.78 is 39.5. The van der Waals surface area contributed by atoms with E-state index >= 15 is 0 Å². The maximum atomic E-state index is 11.9. The first-order valence-corrected chi connectivity index (χ1v) is 5.54. The van der Waals surface area contributed by atoms with Crippen molar-refractivity contribution in [3.8, 4) is 5.75 Å². The van der Waals surface area contributed by atoms with Gasteiger partial charge in [0.05, 0.1) is 0 Å². The van der Waals surface area contributed by atoms with Gasteiger partial charge in [-0.05, 0) is 30.5 Å². The molecule has 5 heteroatoms. The number of aryl methyl sites for hydroxylation is 1. The Labute approximate surface area is 94.4 Å². The number of benzene rings is 1. The lowest BCUT2D eigenvalue weighted by Gasteiger charge is -2.09. The van der Waals surface area contributed by atoms with Crippen molar-refractivity contribution < 1.29 is 17.9 Å². The molecule has 0 aliphatic rings. The molecule has 0 bridgehead atoms. The third-order valence-corrected chi connectivity index (χ3v) is 2.29.